The summed E-state index contributed by atoms with van der Waals surface area (Å²) < 4.78 is 7.57. The average molecular weight is 300 g/mol. The third kappa shape index (κ3) is 2.30. The highest BCUT2D eigenvalue weighted by atomic mass is 32.1. The largest absolute Gasteiger partial charge is 0.491 e. The van der Waals surface area contributed by atoms with Crippen LogP contribution in [0.15, 0.2) is 35.1 Å². The zero-order chi connectivity index (χ0) is 15.0. The fraction of sp³-hybridized carbons (Fsp3) is 0.235. The van der Waals surface area contributed by atoms with Gasteiger partial charge in [-0.1, -0.05) is 12.1 Å². The van der Waals surface area contributed by atoms with Gasteiger partial charge in [0, 0.05) is 20.2 Å². The number of benzene rings is 2. The first kappa shape index (κ1) is 14.0. The Bertz CT molecular complexity index is 880. The summed E-state index contributed by atoms with van der Waals surface area (Å²) in [4.78, 5) is 12.7. The van der Waals surface area contributed by atoms with Crippen molar-refractivity contribution in [3.05, 3.63) is 51.7 Å². The van der Waals surface area contributed by atoms with Gasteiger partial charge in [0.2, 0.25) is 0 Å². The number of aliphatic hydroxyl groups excluding tert-OH is 1. The van der Waals surface area contributed by atoms with Crippen LogP contribution in [-0.4, -0.2) is 18.3 Å². The highest BCUT2D eigenvalue weighted by molar-refractivity contribution is 7.24. The second-order valence-electron chi connectivity index (χ2n) is 5.00. The molecule has 3 nitrogen and oxygen atoms in total. The minimum atomic E-state index is -0.0406. The Morgan fingerprint density at radius 2 is 1.90 bits per heavy atom. The molecule has 1 N–H and O–H groups in total. The summed E-state index contributed by atoms with van der Waals surface area (Å²) in [5.41, 5.74) is 2.12. The molecule has 3 rings (SSSR count). The minimum Gasteiger partial charge on any atom is -0.491 e. The lowest BCUT2D eigenvalue weighted by Gasteiger charge is -2.13. The lowest BCUT2D eigenvalue weighted by molar-refractivity contribution is 0.200. The van der Waals surface area contributed by atoms with E-state index in [4.69, 9.17) is 9.84 Å². The lowest BCUT2D eigenvalue weighted by atomic mass is 10.1. The minimum absolute atomic E-state index is 0.0382. The standard InChI is InChI=1S/C17H16O3S/c1-10-11(2)17-13(9-14(10)20-8-7-18)16(19)12-5-3-4-6-15(12)21-17/h3-6,9,18H,7-8H2,1-2H3. The van der Waals surface area contributed by atoms with Crippen molar-refractivity contribution in [3.63, 3.8) is 0 Å². The fourth-order valence-electron chi connectivity index (χ4n) is 2.47. The zero-order valence-corrected chi connectivity index (χ0v) is 12.8. The van der Waals surface area contributed by atoms with E-state index < -0.39 is 0 Å². The number of hydrogen-bond acceptors (Lipinski definition) is 4. The molecule has 4 heteroatoms. The first-order chi connectivity index (χ1) is 10.1. The van der Waals surface area contributed by atoms with Crippen LogP contribution in [0.25, 0.3) is 20.2 Å². The van der Waals surface area contributed by atoms with Gasteiger partial charge in [0.25, 0.3) is 0 Å². The maximum Gasteiger partial charge on any atom is 0.196 e. The summed E-state index contributed by atoms with van der Waals surface area (Å²) in [5, 5.41) is 10.3. The molecule has 1 heterocycles. The second-order valence-corrected chi connectivity index (χ2v) is 6.05. The molecule has 0 amide bonds. The van der Waals surface area contributed by atoms with E-state index >= 15 is 0 Å². The van der Waals surface area contributed by atoms with Gasteiger partial charge in [-0.2, -0.15) is 0 Å². The molecule has 3 aromatic rings. The van der Waals surface area contributed by atoms with E-state index in [1.54, 1.807) is 17.4 Å². The second kappa shape index (κ2) is 5.47. The van der Waals surface area contributed by atoms with Gasteiger partial charge in [-0.3, -0.25) is 4.79 Å². The van der Waals surface area contributed by atoms with Crippen LogP contribution in [0.2, 0.25) is 0 Å². The SMILES string of the molecule is Cc1c(OCCO)cc2c(=O)c3ccccc3sc2c1C. The molecule has 0 saturated carbocycles. The van der Waals surface area contributed by atoms with Crippen LogP contribution in [0.4, 0.5) is 0 Å². The van der Waals surface area contributed by atoms with Gasteiger partial charge in [-0.15, -0.1) is 11.3 Å². The molecule has 0 atom stereocenters. The first-order valence-electron chi connectivity index (χ1n) is 6.83. The smallest absolute Gasteiger partial charge is 0.196 e. The quantitative estimate of drug-likeness (QED) is 0.754. The Hall–Kier alpha value is -1.91. The van der Waals surface area contributed by atoms with Gasteiger partial charge in [-0.25, -0.2) is 0 Å². The van der Waals surface area contributed by atoms with Crippen molar-refractivity contribution in [3.8, 4) is 5.75 Å². The van der Waals surface area contributed by atoms with Crippen molar-refractivity contribution in [1.82, 2.24) is 0 Å². The van der Waals surface area contributed by atoms with Gasteiger partial charge in [0.05, 0.1) is 6.61 Å². The molecule has 0 bridgehead atoms. The van der Waals surface area contributed by atoms with Crippen molar-refractivity contribution in [2.24, 2.45) is 0 Å². The van der Waals surface area contributed by atoms with Crippen LogP contribution in [0, 0.1) is 13.8 Å². The number of aliphatic hydroxyl groups is 1. The van der Waals surface area contributed by atoms with Crippen molar-refractivity contribution >= 4 is 31.5 Å². The number of rotatable bonds is 3. The van der Waals surface area contributed by atoms with Crippen molar-refractivity contribution < 1.29 is 9.84 Å². The third-order valence-corrected chi connectivity index (χ3v) is 5.04. The van der Waals surface area contributed by atoms with Crippen LogP contribution >= 0.6 is 11.3 Å². The highest BCUT2D eigenvalue weighted by Gasteiger charge is 2.13. The van der Waals surface area contributed by atoms with Gasteiger partial charge in [0.1, 0.15) is 12.4 Å². The van der Waals surface area contributed by atoms with Crippen LogP contribution in [0.5, 0.6) is 5.75 Å². The van der Waals surface area contributed by atoms with Gasteiger partial charge in [-0.05, 0) is 43.2 Å². The number of ether oxygens (including phenoxy) is 1. The Balaban J connectivity index is 2.38. The molecule has 0 fully saturated rings. The Kier molecular flexibility index (Phi) is 3.66. The number of hydrogen-bond donors (Lipinski definition) is 1. The maximum atomic E-state index is 12.7. The van der Waals surface area contributed by atoms with Gasteiger partial charge >= 0.3 is 0 Å². The van der Waals surface area contributed by atoms with Crippen molar-refractivity contribution in [1.29, 1.82) is 0 Å². The monoisotopic (exact) mass is 300 g/mol. The average Bonchev–Trinajstić information content (AvgIpc) is 2.50. The number of aryl methyl sites for hydroxylation is 1. The first-order valence-corrected chi connectivity index (χ1v) is 7.64. The molecular formula is C17H16O3S. The summed E-state index contributed by atoms with van der Waals surface area (Å²) in [6.45, 7) is 4.18. The van der Waals surface area contributed by atoms with Crippen LogP contribution in [0.1, 0.15) is 11.1 Å². The predicted octanol–water partition coefficient (Wildman–Crippen LogP) is 3.40. The van der Waals surface area contributed by atoms with E-state index in [-0.39, 0.29) is 18.6 Å². The molecule has 0 aliphatic heterocycles. The van der Waals surface area contributed by atoms with Crippen molar-refractivity contribution in [2.75, 3.05) is 13.2 Å². The maximum absolute atomic E-state index is 12.7. The van der Waals surface area contributed by atoms with E-state index in [0.29, 0.717) is 11.1 Å². The van der Waals surface area contributed by atoms with E-state index in [1.165, 1.54) is 0 Å². The summed E-state index contributed by atoms with van der Waals surface area (Å²) in [7, 11) is 0. The van der Waals surface area contributed by atoms with Gasteiger partial charge < -0.3 is 9.84 Å². The molecule has 0 saturated heterocycles. The fourth-order valence-corrected chi connectivity index (χ4v) is 3.67. The topological polar surface area (TPSA) is 46.5 Å². The molecule has 21 heavy (non-hydrogen) atoms. The molecule has 0 unspecified atom stereocenters. The van der Waals surface area contributed by atoms with Crippen molar-refractivity contribution in [2.45, 2.75) is 13.8 Å². The predicted molar refractivity (Wildman–Crippen MR) is 87.7 cm³/mol. The molecule has 108 valence electrons. The highest BCUT2D eigenvalue weighted by Crippen LogP contribution is 2.33. The van der Waals surface area contributed by atoms with Crippen LogP contribution in [-0.2, 0) is 0 Å². The van der Waals surface area contributed by atoms with Crippen LogP contribution in [0.3, 0.4) is 0 Å². The molecule has 2 aromatic carbocycles. The van der Waals surface area contributed by atoms with E-state index in [9.17, 15) is 4.79 Å². The summed E-state index contributed by atoms with van der Waals surface area (Å²) in [6, 6.07) is 9.47. The molecule has 0 aliphatic rings. The molecule has 1 aromatic heterocycles. The molecule has 0 aliphatic carbocycles. The summed E-state index contributed by atoms with van der Waals surface area (Å²) >= 11 is 1.63. The third-order valence-electron chi connectivity index (χ3n) is 3.73. The summed E-state index contributed by atoms with van der Waals surface area (Å²) in [5.74, 6) is 0.675. The normalized spacial score (nSPS) is 11.2. The number of fused-ring (bicyclic) bond motifs is 2. The summed E-state index contributed by atoms with van der Waals surface area (Å²) in [6.07, 6.45) is 0. The molecule has 0 spiro atoms. The van der Waals surface area contributed by atoms with Gasteiger partial charge in [0.15, 0.2) is 5.43 Å². The van der Waals surface area contributed by atoms with E-state index in [0.717, 1.165) is 25.9 Å². The molecular weight excluding hydrogens is 284 g/mol. The zero-order valence-electron chi connectivity index (χ0n) is 12.0. The van der Waals surface area contributed by atoms with Crippen LogP contribution < -0.4 is 10.2 Å². The molecule has 0 radical (unpaired) electrons. The Labute approximate surface area is 126 Å². The Morgan fingerprint density at radius 3 is 2.67 bits per heavy atom. The lowest BCUT2D eigenvalue weighted by Crippen LogP contribution is -2.06. The Morgan fingerprint density at radius 1 is 1.14 bits per heavy atom. The van der Waals surface area contributed by atoms with E-state index in [2.05, 4.69) is 0 Å². The van der Waals surface area contributed by atoms with E-state index in [1.807, 2.05) is 38.1 Å².